The number of aromatic nitrogens is 2. The minimum absolute atomic E-state index is 0.0217. The number of fused-ring (bicyclic) bond motifs is 2. The predicted molar refractivity (Wildman–Crippen MR) is 141 cm³/mol. The van der Waals surface area contributed by atoms with Crippen LogP contribution >= 0.6 is 11.3 Å². The average Bonchev–Trinajstić information content (AvgIpc) is 3.25. The Morgan fingerprint density at radius 1 is 1.06 bits per heavy atom. The number of rotatable bonds is 4. The molecule has 0 fully saturated rings. The Morgan fingerprint density at radius 2 is 1.86 bits per heavy atom. The smallest absolute Gasteiger partial charge is 0.357 e. The van der Waals surface area contributed by atoms with Crippen molar-refractivity contribution in [3.63, 3.8) is 0 Å². The molecule has 0 saturated carbocycles. The molecule has 0 atom stereocenters. The lowest BCUT2D eigenvalue weighted by atomic mass is 10.0. The van der Waals surface area contributed by atoms with E-state index in [0.717, 1.165) is 10.2 Å². The third kappa shape index (κ3) is 5.00. The van der Waals surface area contributed by atoms with Gasteiger partial charge in [-0.15, -0.1) is 0 Å². The maximum absolute atomic E-state index is 12.8. The second-order valence-corrected chi connectivity index (χ2v) is 12.5. The van der Waals surface area contributed by atoms with Crippen molar-refractivity contribution in [3.8, 4) is 11.3 Å². The van der Waals surface area contributed by atoms with Crippen molar-refractivity contribution < 1.29 is 17.9 Å². The van der Waals surface area contributed by atoms with Crippen LogP contribution in [0.5, 0.6) is 0 Å². The number of para-hydroxylation sites is 1. The summed E-state index contributed by atoms with van der Waals surface area (Å²) in [6.07, 6.45) is 0.266. The summed E-state index contributed by atoms with van der Waals surface area (Å²) < 4.78 is 32.0. The van der Waals surface area contributed by atoms with Gasteiger partial charge in [0.25, 0.3) is 0 Å². The average molecular weight is 521 g/mol. The van der Waals surface area contributed by atoms with Gasteiger partial charge in [-0.2, -0.15) is 5.10 Å². The molecule has 8 nitrogen and oxygen atoms in total. The first-order valence-electron chi connectivity index (χ1n) is 11.4. The summed E-state index contributed by atoms with van der Waals surface area (Å²) in [5.41, 5.74) is 5.74. The van der Waals surface area contributed by atoms with E-state index in [4.69, 9.17) is 4.74 Å². The van der Waals surface area contributed by atoms with Crippen molar-refractivity contribution in [2.75, 3.05) is 11.2 Å². The molecule has 1 aliphatic rings. The van der Waals surface area contributed by atoms with Crippen molar-refractivity contribution in [2.24, 2.45) is 5.10 Å². The molecule has 4 aromatic rings. The number of nitrogens with one attached hydrogen (secondary N) is 1. The zero-order valence-corrected chi connectivity index (χ0v) is 21.6. The van der Waals surface area contributed by atoms with E-state index in [0.29, 0.717) is 27.7 Å². The number of hydrogen-bond acceptors (Lipinski definition) is 9. The van der Waals surface area contributed by atoms with E-state index in [1.165, 1.54) is 11.3 Å². The number of nitrogens with zero attached hydrogens (tertiary/aromatic N) is 3. The number of benzene rings is 2. The number of esters is 1. The van der Waals surface area contributed by atoms with Crippen LogP contribution < -0.4 is 5.43 Å². The highest BCUT2D eigenvalue weighted by atomic mass is 32.2. The Labute approximate surface area is 213 Å². The van der Waals surface area contributed by atoms with Gasteiger partial charge in [-0.3, -0.25) is 5.43 Å². The lowest BCUT2D eigenvalue weighted by Gasteiger charge is -2.20. The molecule has 0 aliphatic carbocycles. The highest BCUT2D eigenvalue weighted by Gasteiger charge is 2.28. The molecular weight excluding hydrogens is 496 g/mol. The Morgan fingerprint density at radius 3 is 2.64 bits per heavy atom. The van der Waals surface area contributed by atoms with Crippen molar-refractivity contribution in [2.45, 2.75) is 37.7 Å². The Balaban J connectivity index is 1.50. The summed E-state index contributed by atoms with van der Waals surface area (Å²) in [5.74, 6) is -0.543. The van der Waals surface area contributed by atoms with Gasteiger partial charge in [0.2, 0.25) is 5.13 Å². The molecule has 36 heavy (non-hydrogen) atoms. The van der Waals surface area contributed by atoms with E-state index < -0.39 is 21.4 Å². The first-order chi connectivity index (χ1) is 17.1. The maximum atomic E-state index is 12.8. The van der Waals surface area contributed by atoms with Crippen LogP contribution in [0.4, 0.5) is 5.13 Å². The molecule has 0 amide bonds. The van der Waals surface area contributed by atoms with Crippen molar-refractivity contribution in [1.29, 1.82) is 0 Å². The zero-order chi connectivity index (χ0) is 25.5. The Bertz CT molecular complexity index is 1590. The highest BCUT2D eigenvalue weighted by Crippen LogP contribution is 2.31. The van der Waals surface area contributed by atoms with E-state index in [9.17, 15) is 13.2 Å². The molecule has 0 spiro atoms. The SMILES string of the molecule is CC(C)(C)OC(=O)c1cccc(-c2ccc3c(c2)/C(=N/Nc2nc4ccccc4s2)CCS3(=O)=O)n1. The molecule has 0 radical (unpaired) electrons. The summed E-state index contributed by atoms with van der Waals surface area (Å²) in [7, 11) is -3.44. The molecule has 0 unspecified atom stereocenters. The van der Waals surface area contributed by atoms with Gasteiger partial charge in [-0.25, -0.2) is 23.2 Å². The number of pyridine rings is 1. The third-order valence-corrected chi connectivity index (χ3v) is 8.18. The number of ether oxygens (including phenoxy) is 1. The minimum atomic E-state index is -3.44. The van der Waals surface area contributed by atoms with Crippen LogP contribution in [0, 0.1) is 0 Å². The van der Waals surface area contributed by atoms with Gasteiger partial charge in [0.05, 0.1) is 32.3 Å². The van der Waals surface area contributed by atoms with Crippen molar-refractivity contribution >= 4 is 48.2 Å². The molecule has 1 N–H and O–H groups in total. The molecule has 5 rings (SSSR count). The number of hydrazone groups is 1. The number of carbonyl (C=O) groups is 1. The van der Waals surface area contributed by atoms with Gasteiger partial charge in [0, 0.05) is 17.5 Å². The van der Waals surface area contributed by atoms with E-state index in [-0.39, 0.29) is 22.8 Å². The quantitative estimate of drug-likeness (QED) is 0.287. The van der Waals surface area contributed by atoms with Gasteiger partial charge < -0.3 is 4.74 Å². The monoisotopic (exact) mass is 520 g/mol. The zero-order valence-electron chi connectivity index (χ0n) is 20.0. The number of anilines is 1. The van der Waals surface area contributed by atoms with Gasteiger partial charge in [-0.1, -0.05) is 35.6 Å². The fourth-order valence-corrected chi connectivity index (χ4v) is 6.13. The second-order valence-electron chi connectivity index (χ2n) is 9.35. The Hall–Kier alpha value is -3.63. The van der Waals surface area contributed by atoms with Crippen LogP contribution in [0.3, 0.4) is 0 Å². The summed E-state index contributed by atoms with van der Waals surface area (Å²) in [4.78, 5) is 21.7. The van der Waals surface area contributed by atoms with Gasteiger partial charge in [-0.05, 0) is 57.2 Å². The van der Waals surface area contributed by atoms with Crippen LogP contribution in [0.25, 0.3) is 21.5 Å². The van der Waals surface area contributed by atoms with Crippen LogP contribution in [-0.4, -0.2) is 41.4 Å². The molecule has 1 aliphatic heterocycles. The van der Waals surface area contributed by atoms with Gasteiger partial charge in [0.1, 0.15) is 11.3 Å². The molecule has 0 saturated heterocycles. The van der Waals surface area contributed by atoms with E-state index in [1.54, 1.807) is 57.2 Å². The standard InChI is InChI=1S/C26H24N4O4S2/c1-26(2,3)34-24(31)21-9-6-8-18(27-21)16-11-12-23-17(15-16)19(13-14-36(23,32)33)29-30-25-28-20-7-4-5-10-22(20)35-25/h4-12,15H,13-14H2,1-3H3,(H,28,30)/b29-19+. The molecule has 184 valence electrons. The fourth-order valence-electron chi connectivity index (χ4n) is 3.85. The van der Waals surface area contributed by atoms with E-state index >= 15 is 0 Å². The highest BCUT2D eigenvalue weighted by molar-refractivity contribution is 7.91. The Kier molecular flexibility index (Phi) is 6.09. The van der Waals surface area contributed by atoms with Crippen LogP contribution in [0.15, 0.2) is 70.7 Å². The lowest BCUT2D eigenvalue weighted by molar-refractivity contribution is 0.00629. The van der Waals surface area contributed by atoms with Crippen LogP contribution in [-0.2, 0) is 14.6 Å². The lowest BCUT2D eigenvalue weighted by Crippen LogP contribution is -2.24. The normalized spacial score (nSPS) is 16.0. The van der Waals surface area contributed by atoms with Crippen molar-refractivity contribution in [1.82, 2.24) is 9.97 Å². The maximum Gasteiger partial charge on any atom is 0.357 e. The predicted octanol–water partition coefficient (Wildman–Crippen LogP) is 5.31. The summed E-state index contributed by atoms with van der Waals surface area (Å²) in [6, 6.07) is 17.9. The summed E-state index contributed by atoms with van der Waals surface area (Å²) >= 11 is 1.47. The van der Waals surface area contributed by atoms with Crippen LogP contribution in [0.2, 0.25) is 0 Å². The number of hydrogen-bond donors (Lipinski definition) is 1. The van der Waals surface area contributed by atoms with Crippen LogP contribution in [0.1, 0.15) is 43.2 Å². The fraction of sp³-hybridized carbons (Fsp3) is 0.231. The molecule has 0 bridgehead atoms. The topological polar surface area (TPSA) is 111 Å². The molecular formula is C26H24N4O4S2. The van der Waals surface area contributed by atoms with Gasteiger partial charge in [0.15, 0.2) is 9.84 Å². The van der Waals surface area contributed by atoms with E-state index in [2.05, 4.69) is 20.5 Å². The number of carbonyl (C=O) groups excluding carboxylic acids is 1. The molecule has 2 aromatic carbocycles. The number of thiazole rings is 1. The number of sulfone groups is 1. The summed E-state index contributed by atoms with van der Waals surface area (Å²) in [5, 5.41) is 5.16. The molecule has 3 heterocycles. The second kappa shape index (κ2) is 9.11. The largest absolute Gasteiger partial charge is 0.455 e. The first kappa shape index (κ1) is 24.1. The molecule has 10 heteroatoms. The van der Waals surface area contributed by atoms with Gasteiger partial charge >= 0.3 is 5.97 Å². The third-order valence-electron chi connectivity index (χ3n) is 5.47. The molecule has 2 aromatic heterocycles. The van der Waals surface area contributed by atoms with Crippen molar-refractivity contribution in [3.05, 3.63) is 71.9 Å². The minimum Gasteiger partial charge on any atom is -0.455 e. The first-order valence-corrected chi connectivity index (χ1v) is 13.8. The van der Waals surface area contributed by atoms with E-state index in [1.807, 2.05) is 24.3 Å². The summed E-state index contributed by atoms with van der Waals surface area (Å²) in [6.45, 7) is 5.38.